The molecule has 0 bridgehead atoms. The van der Waals surface area contributed by atoms with Crippen molar-refractivity contribution in [3.8, 4) is 0 Å². The molecule has 0 atom stereocenters. The predicted molar refractivity (Wildman–Crippen MR) is 55.7 cm³/mol. The van der Waals surface area contributed by atoms with Crippen LogP contribution in [-0.4, -0.2) is 13.1 Å². The molecule has 0 fully saturated rings. The van der Waals surface area contributed by atoms with E-state index in [1.54, 1.807) is 0 Å². The average molecular weight is 226 g/mol. The number of anilines is 1. The normalized spacial score (nSPS) is 15.0. The zero-order chi connectivity index (χ0) is 8.55. The second kappa shape index (κ2) is 3.09. The molecule has 0 radical (unpaired) electrons. The Bertz CT molecular complexity index is 296. The first-order valence-corrected chi connectivity index (χ1v) is 5.14. The third kappa shape index (κ3) is 1.14. The van der Waals surface area contributed by atoms with Crippen molar-refractivity contribution in [3.63, 3.8) is 0 Å². The first-order chi connectivity index (χ1) is 5.83. The van der Waals surface area contributed by atoms with Crippen LogP contribution in [0.25, 0.3) is 0 Å². The van der Waals surface area contributed by atoms with Crippen molar-refractivity contribution in [2.75, 3.05) is 18.0 Å². The van der Waals surface area contributed by atoms with E-state index in [9.17, 15) is 0 Å². The molecule has 1 aliphatic heterocycles. The minimum atomic E-state index is 1.11. The van der Waals surface area contributed by atoms with Crippen molar-refractivity contribution in [2.24, 2.45) is 0 Å². The molecule has 1 aromatic rings. The topological polar surface area (TPSA) is 3.24 Å². The quantitative estimate of drug-likeness (QED) is 0.711. The van der Waals surface area contributed by atoms with Gasteiger partial charge in [-0.1, -0.05) is 12.1 Å². The highest BCUT2D eigenvalue weighted by atomic mass is 79.9. The number of para-hydroxylation sites is 1. The molecule has 0 saturated carbocycles. The van der Waals surface area contributed by atoms with Crippen molar-refractivity contribution < 1.29 is 0 Å². The summed E-state index contributed by atoms with van der Waals surface area (Å²) in [5.74, 6) is 0. The van der Waals surface area contributed by atoms with Gasteiger partial charge in [-0.25, -0.2) is 0 Å². The van der Waals surface area contributed by atoms with Gasteiger partial charge in [0.15, 0.2) is 0 Å². The molecular formula is C10H12BrN. The number of benzene rings is 1. The van der Waals surface area contributed by atoms with E-state index < -0.39 is 0 Å². The van der Waals surface area contributed by atoms with Crippen LogP contribution in [0.2, 0.25) is 0 Å². The van der Waals surface area contributed by atoms with Crippen molar-refractivity contribution in [1.82, 2.24) is 0 Å². The van der Waals surface area contributed by atoms with Crippen molar-refractivity contribution in [3.05, 3.63) is 28.2 Å². The number of hydrogen-bond acceptors (Lipinski definition) is 1. The summed E-state index contributed by atoms with van der Waals surface area (Å²) in [4.78, 5) is 2.42. The van der Waals surface area contributed by atoms with E-state index in [0.29, 0.717) is 0 Å². The van der Waals surface area contributed by atoms with E-state index in [-0.39, 0.29) is 0 Å². The third-order valence-corrected chi connectivity index (χ3v) is 3.06. The second-order valence-corrected chi connectivity index (χ2v) is 3.93. The molecule has 0 amide bonds. The van der Waals surface area contributed by atoms with Crippen LogP contribution in [0.5, 0.6) is 0 Å². The first kappa shape index (κ1) is 8.11. The van der Waals surface area contributed by atoms with Gasteiger partial charge in [0.1, 0.15) is 0 Å². The van der Waals surface area contributed by atoms with E-state index in [1.165, 1.54) is 28.7 Å². The fourth-order valence-corrected chi connectivity index (χ4v) is 2.46. The van der Waals surface area contributed by atoms with Crippen LogP contribution in [0.15, 0.2) is 22.7 Å². The molecule has 2 rings (SSSR count). The van der Waals surface area contributed by atoms with Gasteiger partial charge in [-0.15, -0.1) is 0 Å². The molecule has 1 aromatic carbocycles. The molecule has 1 aliphatic rings. The summed E-state index contributed by atoms with van der Waals surface area (Å²) in [5.41, 5.74) is 2.88. The molecule has 12 heavy (non-hydrogen) atoms. The molecule has 0 spiro atoms. The van der Waals surface area contributed by atoms with E-state index in [0.717, 1.165) is 6.54 Å². The van der Waals surface area contributed by atoms with Gasteiger partial charge in [0, 0.05) is 17.6 Å². The van der Waals surface area contributed by atoms with Crippen LogP contribution in [0, 0.1) is 0 Å². The van der Waals surface area contributed by atoms with Crippen LogP contribution < -0.4 is 4.90 Å². The lowest BCUT2D eigenvalue weighted by molar-refractivity contribution is 0.867. The fourth-order valence-electron chi connectivity index (χ4n) is 1.80. The fraction of sp³-hybridized carbons (Fsp3) is 0.400. The molecule has 1 nitrogen and oxygen atoms in total. The highest BCUT2D eigenvalue weighted by Gasteiger charge is 2.19. The van der Waals surface area contributed by atoms with Crippen molar-refractivity contribution >= 4 is 21.6 Å². The monoisotopic (exact) mass is 225 g/mol. The van der Waals surface area contributed by atoms with Crippen LogP contribution >= 0.6 is 15.9 Å². The van der Waals surface area contributed by atoms with Crippen molar-refractivity contribution in [1.29, 1.82) is 0 Å². The number of halogens is 1. The molecule has 0 aromatic heterocycles. The lowest BCUT2D eigenvalue weighted by Crippen LogP contribution is -2.19. The molecule has 0 N–H and O–H groups in total. The Morgan fingerprint density at radius 2 is 2.33 bits per heavy atom. The predicted octanol–water partition coefficient (Wildman–Crippen LogP) is 2.83. The molecule has 64 valence electrons. The molecule has 1 heterocycles. The Kier molecular flexibility index (Phi) is 2.09. The number of hydrogen-bond donors (Lipinski definition) is 0. The van der Waals surface area contributed by atoms with Crippen LogP contribution in [0.4, 0.5) is 5.69 Å². The maximum atomic E-state index is 3.59. The lowest BCUT2D eigenvalue weighted by Gasteiger charge is -2.17. The van der Waals surface area contributed by atoms with E-state index in [4.69, 9.17) is 0 Å². The highest BCUT2D eigenvalue weighted by Crippen LogP contribution is 2.34. The summed E-state index contributed by atoms with van der Waals surface area (Å²) >= 11 is 3.59. The van der Waals surface area contributed by atoms with E-state index in [2.05, 4.69) is 46.0 Å². The summed E-state index contributed by atoms with van der Waals surface area (Å²) in [5, 5.41) is 0. The number of likely N-dealkylation sites (N-methyl/N-ethyl adjacent to an activating group) is 1. The van der Waals surface area contributed by atoms with Crippen LogP contribution in [-0.2, 0) is 6.42 Å². The molecular weight excluding hydrogens is 214 g/mol. The maximum Gasteiger partial charge on any atom is 0.0543 e. The maximum absolute atomic E-state index is 3.59. The van der Waals surface area contributed by atoms with Gasteiger partial charge >= 0.3 is 0 Å². The summed E-state index contributed by atoms with van der Waals surface area (Å²) in [6.45, 7) is 4.48. The average Bonchev–Trinajstić information content (AvgIpc) is 2.49. The van der Waals surface area contributed by atoms with Crippen LogP contribution in [0.1, 0.15) is 12.5 Å². The Morgan fingerprint density at radius 3 is 3.08 bits per heavy atom. The van der Waals surface area contributed by atoms with Gasteiger partial charge in [0.05, 0.1) is 5.69 Å². The van der Waals surface area contributed by atoms with Gasteiger partial charge in [-0.2, -0.15) is 0 Å². The zero-order valence-corrected chi connectivity index (χ0v) is 8.76. The summed E-state index contributed by atoms with van der Waals surface area (Å²) in [6, 6.07) is 6.45. The number of rotatable bonds is 1. The van der Waals surface area contributed by atoms with Gasteiger partial charge in [0.2, 0.25) is 0 Å². The Morgan fingerprint density at radius 1 is 1.50 bits per heavy atom. The smallest absolute Gasteiger partial charge is 0.0543 e. The SMILES string of the molecule is CCN1CCc2cccc(Br)c21. The van der Waals surface area contributed by atoms with E-state index in [1.807, 2.05) is 0 Å². The lowest BCUT2D eigenvalue weighted by atomic mass is 10.2. The Balaban J connectivity index is 2.48. The number of fused-ring (bicyclic) bond motifs is 1. The van der Waals surface area contributed by atoms with Gasteiger partial charge < -0.3 is 4.90 Å². The Labute approximate surface area is 81.5 Å². The van der Waals surface area contributed by atoms with Gasteiger partial charge in [0.25, 0.3) is 0 Å². The zero-order valence-electron chi connectivity index (χ0n) is 7.18. The minimum absolute atomic E-state index is 1.11. The molecule has 0 aliphatic carbocycles. The molecule has 0 unspecified atom stereocenters. The van der Waals surface area contributed by atoms with Crippen molar-refractivity contribution in [2.45, 2.75) is 13.3 Å². The van der Waals surface area contributed by atoms with E-state index >= 15 is 0 Å². The molecule has 2 heteroatoms. The summed E-state index contributed by atoms with van der Waals surface area (Å²) in [7, 11) is 0. The Hall–Kier alpha value is -0.500. The highest BCUT2D eigenvalue weighted by molar-refractivity contribution is 9.10. The van der Waals surface area contributed by atoms with Crippen LogP contribution in [0.3, 0.4) is 0 Å². The summed E-state index contributed by atoms with van der Waals surface area (Å²) < 4.78 is 1.24. The molecule has 0 saturated heterocycles. The summed E-state index contributed by atoms with van der Waals surface area (Å²) in [6.07, 6.45) is 1.20. The number of nitrogens with zero attached hydrogens (tertiary/aromatic N) is 1. The minimum Gasteiger partial charge on any atom is -0.370 e. The second-order valence-electron chi connectivity index (χ2n) is 3.08. The third-order valence-electron chi connectivity index (χ3n) is 2.42. The van der Waals surface area contributed by atoms with Gasteiger partial charge in [-0.3, -0.25) is 0 Å². The first-order valence-electron chi connectivity index (χ1n) is 4.35. The largest absolute Gasteiger partial charge is 0.370 e. The van der Waals surface area contributed by atoms with Gasteiger partial charge in [-0.05, 0) is 40.9 Å². The standard InChI is InChI=1S/C10H12BrN/c1-2-12-7-6-8-4-3-5-9(11)10(8)12/h3-5H,2,6-7H2,1H3.